The molecule has 2 aliphatic rings. The topological polar surface area (TPSA) is 88.8 Å². The summed E-state index contributed by atoms with van der Waals surface area (Å²) in [4.78, 5) is 31.9. The molecule has 0 radical (unpaired) electrons. The van der Waals surface area contributed by atoms with Crippen molar-refractivity contribution in [2.45, 2.75) is 32.1 Å². The summed E-state index contributed by atoms with van der Waals surface area (Å²) in [5, 5.41) is 3.93. The van der Waals surface area contributed by atoms with E-state index < -0.39 is 0 Å². The lowest BCUT2D eigenvalue weighted by atomic mass is 9.91. The number of piperidine rings is 1. The lowest BCUT2D eigenvalue weighted by Gasteiger charge is -2.41. The second kappa shape index (κ2) is 7.29. The van der Waals surface area contributed by atoms with Crippen LogP contribution in [0.2, 0.25) is 0 Å². The molecule has 0 aliphatic carbocycles. The van der Waals surface area contributed by atoms with Crippen LogP contribution < -0.4 is 0 Å². The Labute approximate surface area is 141 Å². The third kappa shape index (κ3) is 3.58. The third-order valence-corrected chi connectivity index (χ3v) is 4.85. The SMILES string of the molecule is COCCc1noc(C2CN(C(=O)C3CCN(C(C)=O)CC3)C2)n1. The first kappa shape index (κ1) is 16.9. The zero-order chi connectivity index (χ0) is 17.1. The van der Waals surface area contributed by atoms with Gasteiger partial charge in [0.05, 0.1) is 12.5 Å². The lowest BCUT2D eigenvalue weighted by Crippen LogP contribution is -2.52. The molecule has 8 heteroatoms. The summed E-state index contributed by atoms with van der Waals surface area (Å²) in [5.41, 5.74) is 0. The molecule has 3 heterocycles. The monoisotopic (exact) mass is 336 g/mol. The van der Waals surface area contributed by atoms with Crippen LogP contribution in [-0.4, -0.2) is 71.7 Å². The summed E-state index contributed by atoms with van der Waals surface area (Å²) in [6.07, 6.45) is 2.13. The maximum absolute atomic E-state index is 12.5. The molecular formula is C16H24N4O4. The average Bonchev–Trinajstić information content (AvgIpc) is 3.00. The maximum atomic E-state index is 12.5. The Balaban J connectivity index is 1.45. The number of hydrogen-bond acceptors (Lipinski definition) is 6. The first-order valence-corrected chi connectivity index (χ1v) is 8.44. The van der Waals surface area contributed by atoms with Crippen LogP contribution in [0.25, 0.3) is 0 Å². The molecule has 0 spiro atoms. The van der Waals surface area contributed by atoms with Gasteiger partial charge in [-0.15, -0.1) is 0 Å². The minimum Gasteiger partial charge on any atom is -0.384 e. The predicted molar refractivity (Wildman–Crippen MR) is 84.2 cm³/mol. The third-order valence-electron chi connectivity index (χ3n) is 4.85. The summed E-state index contributed by atoms with van der Waals surface area (Å²) >= 11 is 0. The zero-order valence-electron chi connectivity index (χ0n) is 14.2. The first-order valence-electron chi connectivity index (χ1n) is 8.44. The van der Waals surface area contributed by atoms with Gasteiger partial charge >= 0.3 is 0 Å². The molecule has 2 aliphatic heterocycles. The van der Waals surface area contributed by atoms with E-state index in [9.17, 15) is 9.59 Å². The fourth-order valence-electron chi connectivity index (χ4n) is 3.24. The van der Waals surface area contributed by atoms with E-state index >= 15 is 0 Å². The van der Waals surface area contributed by atoms with Gasteiger partial charge in [0, 0.05) is 52.6 Å². The highest BCUT2D eigenvalue weighted by Gasteiger charge is 2.39. The number of rotatable bonds is 5. The van der Waals surface area contributed by atoms with Crippen molar-refractivity contribution in [3.8, 4) is 0 Å². The van der Waals surface area contributed by atoms with Crippen molar-refractivity contribution in [1.82, 2.24) is 19.9 Å². The second-order valence-corrected chi connectivity index (χ2v) is 6.51. The highest BCUT2D eigenvalue weighted by Crippen LogP contribution is 2.29. The maximum Gasteiger partial charge on any atom is 0.233 e. The number of carbonyl (C=O) groups is 2. The number of amides is 2. The van der Waals surface area contributed by atoms with Gasteiger partial charge in [0.1, 0.15) is 0 Å². The molecule has 24 heavy (non-hydrogen) atoms. The summed E-state index contributed by atoms with van der Waals surface area (Å²) in [5.74, 6) is 1.69. The van der Waals surface area contributed by atoms with E-state index in [0.29, 0.717) is 50.9 Å². The van der Waals surface area contributed by atoms with Crippen molar-refractivity contribution >= 4 is 11.8 Å². The van der Waals surface area contributed by atoms with Gasteiger partial charge in [0.25, 0.3) is 0 Å². The Morgan fingerprint density at radius 3 is 2.58 bits per heavy atom. The molecule has 1 aromatic heterocycles. The number of hydrogen-bond donors (Lipinski definition) is 0. The highest BCUT2D eigenvalue weighted by molar-refractivity contribution is 5.80. The fourth-order valence-corrected chi connectivity index (χ4v) is 3.24. The molecule has 2 amide bonds. The molecule has 0 saturated carbocycles. The minimum absolute atomic E-state index is 0.0292. The number of aromatic nitrogens is 2. The van der Waals surface area contributed by atoms with Crippen molar-refractivity contribution < 1.29 is 18.8 Å². The Morgan fingerprint density at radius 2 is 1.96 bits per heavy atom. The Kier molecular flexibility index (Phi) is 5.13. The molecule has 8 nitrogen and oxygen atoms in total. The normalized spacial score (nSPS) is 19.4. The van der Waals surface area contributed by atoms with Crippen LogP contribution in [0.3, 0.4) is 0 Å². The van der Waals surface area contributed by atoms with Gasteiger partial charge in [0.2, 0.25) is 17.7 Å². The van der Waals surface area contributed by atoms with Crippen LogP contribution in [0.15, 0.2) is 4.52 Å². The molecule has 2 saturated heterocycles. The average molecular weight is 336 g/mol. The van der Waals surface area contributed by atoms with Gasteiger partial charge in [-0.2, -0.15) is 4.98 Å². The predicted octanol–water partition coefficient (Wildman–Crippen LogP) is 0.443. The van der Waals surface area contributed by atoms with E-state index in [1.54, 1.807) is 14.0 Å². The minimum atomic E-state index is 0.0292. The van der Waals surface area contributed by atoms with Crippen molar-refractivity contribution in [3.05, 3.63) is 11.7 Å². The number of ether oxygens (including phenoxy) is 1. The largest absolute Gasteiger partial charge is 0.384 e. The summed E-state index contributed by atoms with van der Waals surface area (Å²) in [6, 6.07) is 0. The number of carbonyl (C=O) groups excluding carboxylic acids is 2. The molecule has 0 aromatic carbocycles. The second-order valence-electron chi connectivity index (χ2n) is 6.51. The Hall–Kier alpha value is -1.96. The molecule has 0 N–H and O–H groups in total. The smallest absolute Gasteiger partial charge is 0.233 e. The molecule has 0 atom stereocenters. The van der Waals surface area contributed by atoms with Gasteiger partial charge < -0.3 is 19.1 Å². The number of methoxy groups -OCH3 is 1. The van der Waals surface area contributed by atoms with E-state index in [1.165, 1.54) is 0 Å². The zero-order valence-corrected chi connectivity index (χ0v) is 14.2. The number of likely N-dealkylation sites (tertiary alicyclic amines) is 2. The van der Waals surface area contributed by atoms with Gasteiger partial charge in [-0.1, -0.05) is 5.16 Å². The molecule has 1 aromatic rings. The van der Waals surface area contributed by atoms with Crippen molar-refractivity contribution in [2.75, 3.05) is 39.9 Å². The van der Waals surface area contributed by atoms with E-state index in [0.717, 1.165) is 12.8 Å². The van der Waals surface area contributed by atoms with Crippen molar-refractivity contribution in [1.29, 1.82) is 0 Å². The number of nitrogens with zero attached hydrogens (tertiary/aromatic N) is 4. The Morgan fingerprint density at radius 1 is 1.25 bits per heavy atom. The van der Waals surface area contributed by atoms with Gasteiger partial charge in [0.15, 0.2) is 5.82 Å². The van der Waals surface area contributed by atoms with E-state index in [-0.39, 0.29) is 23.7 Å². The van der Waals surface area contributed by atoms with Gasteiger partial charge in [-0.05, 0) is 12.8 Å². The van der Waals surface area contributed by atoms with Gasteiger partial charge in [-0.25, -0.2) is 0 Å². The summed E-state index contributed by atoms with van der Waals surface area (Å²) < 4.78 is 10.3. The molecule has 3 rings (SSSR count). The van der Waals surface area contributed by atoms with E-state index in [4.69, 9.17) is 9.26 Å². The molecule has 2 fully saturated rings. The van der Waals surface area contributed by atoms with Crippen LogP contribution >= 0.6 is 0 Å². The fraction of sp³-hybridized carbons (Fsp3) is 0.750. The van der Waals surface area contributed by atoms with Crippen LogP contribution in [-0.2, 0) is 20.7 Å². The van der Waals surface area contributed by atoms with Crippen LogP contribution in [0.4, 0.5) is 0 Å². The first-order chi connectivity index (χ1) is 11.6. The van der Waals surface area contributed by atoms with Crippen LogP contribution in [0.1, 0.15) is 37.4 Å². The van der Waals surface area contributed by atoms with Gasteiger partial charge in [-0.3, -0.25) is 9.59 Å². The van der Waals surface area contributed by atoms with Crippen LogP contribution in [0, 0.1) is 5.92 Å². The summed E-state index contributed by atoms with van der Waals surface area (Å²) in [6.45, 7) is 4.76. The van der Waals surface area contributed by atoms with E-state index in [2.05, 4.69) is 10.1 Å². The molecular weight excluding hydrogens is 312 g/mol. The quantitative estimate of drug-likeness (QED) is 0.775. The molecule has 0 unspecified atom stereocenters. The van der Waals surface area contributed by atoms with Crippen LogP contribution in [0.5, 0.6) is 0 Å². The molecule has 132 valence electrons. The van der Waals surface area contributed by atoms with Crippen molar-refractivity contribution in [3.63, 3.8) is 0 Å². The molecule has 0 bridgehead atoms. The van der Waals surface area contributed by atoms with E-state index in [1.807, 2.05) is 9.80 Å². The standard InChI is InChI=1S/C16H24N4O4/c1-11(21)19-6-3-12(4-7-19)16(22)20-9-13(10-20)15-17-14(18-24-15)5-8-23-2/h12-13H,3-10H2,1-2H3. The van der Waals surface area contributed by atoms with Crippen molar-refractivity contribution in [2.24, 2.45) is 5.92 Å². The summed E-state index contributed by atoms with van der Waals surface area (Å²) in [7, 11) is 1.64. The Bertz CT molecular complexity index is 589. The lowest BCUT2D eigenvalue weighted by molar-refractivity contribution is -0.144. The highest BCUT2D eigenvalue weighted by atomic mass is 16.5.